The molecule has 5 heterocycles. The number of nitriles is 1. The molecule has 1 saturated carbocycles. The highest BCUT2D eigenvalue weighted by atomic mass is 32.1. The Kier molecular flexibility index (Phi) is 8.76. The van der Waals surface area contributed by atoms with E-state index >= 15 is 4.39 Å². The third kappa shape index (κ3) is 5.76. The number of anilines is 2. The van der Waals surface area contributed by atoms with Gasteiger partial charge in [0.05, 0.1) is 42.2 Å². The molecule has 8 nitrogen and oxygen atoms in total. The van der Waals surface area contributed by atoms with Crippen LogP contribution in [0.1, 0.15) is 30.4 Å². The SMILES string of the molecule is COc1nc(N2CCOCC3C(F)C32)c2cc(C(F)(F)F)c(-c3ccc(F)c4sc(N)c(C#N)c34)c(F)c2n1.FC(F)=C1CC2CCCN2C1. The van der Waals surface area contributed by atoms with Crippen LogP contribution in [0.15, 0.2) is 29.9 Å². The highest BCUT2D eigenvalue weighted by Crippen LogP contribution is 2.49. The number of rotatable bonds is 3. The van der Waals surface area contributed by atoms with Crippen molar-refractivity contribution in [3.8, 4) is 23.2 Å². The Morgan fingerprint density at radius 1 is 1.18 bits per heavy atom. The highest BCUT2D eigenvalue weighted by Gasteiger charge is 2.56. The lowest BCUT2D eigenvalue weighted by atomic mass is 9.92. The van der Waals surface area contributed by atoms with Crippen LogP contribution in [0.5, 0.6) is 6.01 Å². The summed E-state index contributed by atoms with van der Waals surface area (Å²) < 4.78 is 124. The van der Waals surface area contributed by atoms with E-state index in [9.17, 15) is 36.0 Å². The van der Waals surface area contributed by atoms with Gasteiger partial charge in [-0.1, -0.05) is 6.07 Å². The molecule has 3 saturated heterocycles. The molecular weight excluding hydrogens is 696 g/mol. The predicted molar refractivity (Wildman–Crippen MR) is 170 cm³/mol. The number of alkyl halides is 4. The van der Waals surface area contributed by atoms with E-state index in [1.165, 1.54) is 18.4 Å². The zero-order valence-corrected chi connectivity index (χ0v) is 27.1. The van der Waals surface area contributed by atoms with Crippen molar-refractivity contribution in [3.05, 3.63) is 52.6 Å². The molecule has 4 aliphatic rings. The smallest absolute Gasteiger partial charge is 0.417 e. The van der Waals surface area contributed by atoms with Crippen LogP contribution in [0, 0.1) is 28.9 Å². The van der Waals surface area contributed by atoms with Crippen LogP contribution in [-0.4, -0.2) is 73.1 Å². The summed E-state index contributed by atoms with van der Waals surface area (Å²) in [6.07, 6.45) is -4.93. The number of methoxy groups -OCH3 is 1. The molecule has 4 atom stereocenters. The van der Waals surface area contributed by atoms with Crippen molar-refractivity contribution in [2.45, 2.75) is 43.7 Å². The second-order valence-corrected chi connectivity index (χ2v) is 13.5. The van der Waals surface area contributed by atoms with Gasteiger partial charge in [0.25, 0.3) is 6.08 Å². The number of thiophene rings is 1. The van der Waals surface area contributed by atoms with E-state index in [0.29, 0.717) is 42.0 Å². The molecular formula is C33H28F8N6O2S. The van der Waals surface area contributed by atoms with Crippen LogP contribution < -0.4 is 15.4 Å². The van der Waals surface area contributed by atoms with E-state index in [0.717, 1.165) is 25.1 Å². The first kappa shape index (κ1) is 34.2. The maximum atomic E-state index is 16.4. The first-order valence-corrected chi connectivity index (χ1v) is 16.5. The summed E-state index contributed by atoms with van der Waals surface area (Å²) in [5.41, 5.74) is 2.71. The number of hydrogen-bond acceptors (Lipinski definition) is 9. The standard InChI is InChI=1S/C25H17F6N5O2S.C8H11F2N/c1-37-24-34-19-10(23(35-24)36-4-5-38-8-12-17(27)20(12)36)6-13(25(29,30)31)16(18(19)28)9-2-3-14(26)21-15(9)11(7-32)22(33)39-21;9-8(10)6-4-7-2-1-3-11(7)5-6/h2-3,6,12,17,20H,4-5,8,33H2,1H3;7H,1-5H2. The molecule has 50 heavy (non-hydrogen) atoms. The van der Waals surface area contributed by atoms with E-state index in [2.05, 4.69) is 14.9 Å². The van der Waals surface area contributed by atoms with Crippen LogP contribution in [0.2, 0.25) is 0 Å². The third-order valence-electron chi connectivity index (χ3n) is 9.67. The van der Waals surface area contributed by atoms with Gasteiger partial charge >= 0.3 is 12.2 Å². The average molecular weight is 725 g/mol. The summed E-state index contributed by atoms with van der Waals surface area (Å²) >= 11 is 0.673. The lowest BCUT2D eigenvalue weighted by Crippen LogP contribution is -2.31. The Morgan fingerprint density at radius 3 is 2.64 bits per heavy atom. The zero-order valence-electron chi connectivity index (χ0n) is 26.3. The summed E-state index contributed by atoms with van der Waals surface area (Å²) in [4.78, 5) is 11.8. The Labute approximate surface area is 283 Å². The fourth-order valence-corrected chi connectivity index (χ4v) is 8.20. The number of nitrogens with zero attached hydrogens (tertiary/aromatic N) is 5. The van der Waals surface area contributed by atoms with Crippen LogP contribution in [-0.2, 0) is 10.9 Å². The molecule has 4 aromatic rings. The van der Waals surface area contributed by atoms with Gasteiger partial charge in [0, 0.05) is 47.0 Å². The summed E-state index contributed by atoms with van der Waals surface area (Å²) in [5.74, 6) is -2.85. The Bertz CT molecular complexity index is 2060. The zero-order chi connectivity index (χ0) is 35.6. The van der Waals surface area contributed by atoms with E-state index in [1.807, 2.05) is 0 Å². The molecule has 0 bridgehead atoms. The van der Waals surface area contributed by atoms with Crippen molar-refractivity contribution in [1.82, 2.24) is 14.9 Å². The van der Waals surface area contributed by atoms with E-state index in [4.69, 9.17) is 15.2 Å². The number of fused-ring (bicyclic) bond motifs is 4. The van der Waals surface area contributed by atoms with Gasteiger partial charge in [-0.15, -0.1) is 11.3 Å². The summed E-state index contributed by atoms with van der Waals surface area (Å²) in [5, 5.41) is 8.94. The Morgan fingerprint density at radius 2 is 1.96 bits per heavy atom. The maximum Gasteiger partial charge on any atom is 0.417 e. The first-order valence-electron chi connectivity index (χ1n) is 15.7. The molecule has 2 aromatic heterocycles. The number of hydrogen-bond donors (Lipinski definition) is 1. The number of nitrogens with two attached hydrogens (primary N) is 1. The minimum Gasteiger partial charge on any atom is -0.467 e. The van der Waals surface area contributed by atoms with Gasteiger partial charge in [-0.25, -0.2) is 13.2 Å². The molecule has 3 aliphatic heterocycles. The molecule has 0 spiro atoms. The monoisotopic (exact) mass is 724 g/mol. The molecule has 4 fully saturated rings. The van der Waals surface area contributed by atoms with Crippen molar-refractivity contribution in [3.63, 3.8) is 0 Å². The molecule has 4 unspecified atom stereocenters. The quantitative estimate of drug-likeness (QED) is 0.218. The van der Waals surface area contributed by atoms with E-state index in [1.54, 1.807) is 6.07 Å². The molecule has 0 radical (unpaired) electrons. The maximum absolute atomic E-state index is 16.4. The second kappa shape index (κ2) is 12.8. The second-order valence-electron chi connectivity index (χ2n) is 12.5. The number of halogens is 8. The fraction of sp³-hybridized carbons (Fsp3) is 0.424. The molecule has 0 amide bonds. The average Bonchev–Trinajstić information content (AvgIpc) is 3.34. The molecule has 8 rings (SSSR count). The lowest BCUT2D eigenvalue weighted by Gasteiger charge is -2.25. The number of ether oxygens (including phenoxy) is 2. The van der Waals surface area contributed by atoms with Gasteiger partial charge in [-0.05, 0) is 43.5 Å². The van der Waals surface area contributed by atoms with Crippen molar-refractivity contribution >= 4 is 43.1 Å². The van der Waals surface area contributed by atoms with Crippen LogP contribution in [0.25, 0.3) is 32.1 Å². The fourth-order valence-electron chi connectivity index (χ4n) is 7.25. The normalized spacial score (nSPS) is 23.3. The highest BCUT2D eigenvalue weighted by molar-refractivity contribution is 7.23. The predicted octanol–water partition coefficient (Wildman–Crippen LogP) is 7.45. The summed E-state index contributed by atoms with van der Waals surface area (Å²) in [7, 11) is 1.20. The molecule has 2 N–H and O–H groups in total. The largest absolute Gasteiger partial charge is 0.467 e. The number of aromatic nitrogens is 2. The summed E-state index contributed by atoms with van der Waals surface area (Å²) in [6.45, 7) is 1.93. The topological polar surface area (TPSA) is 101 Å². The van der Waals surface area contributed by atoms with Crippen LogP contribution in [0.3, 0.4) is 0 Å². The first-order chi connectivity index (χ1) is 23.8. The van der Waals surface area contributed by atoms with Gasteiger partial charge in [-0.2, -0.15) is 37.2 Å². The van der Waals surface area contributed by atoms with Crippen LogP contribution >= 0.6 is 11.3 Å². The summed E-state index contributed by atoms with van der Waals surface area (Å²) in [6, 6.07) is 3.70. The minimum absolute atomic E-state index is 0.0971. The van der Waals surface area contributed by atoms with Crippen molar-refractivity contribution in [1.29, 1.82) is 5.26 Å². The number of nitrogen functional groups attached to an aromatic ring is 1. The Hall–Kier alpha value is -4.27. The van der Waals surface area contributed by atoms with E-state index in [-0.39, 0.29) is 63.2 Å². The third-order valence-corrected chi connectivity index (χ3v) is 10.7. The van der Waals surface area contributed by atoms with E-state index < -0.39 is 58.7 Å². The van der Waals surface area contributed by atoms with Gasteiger partial charge in [0.15, 0.2) is 5.82 Å². The lowest BCUT2D eigenvalue weighted by molar-refractivity contribution is -0.137. The van der Waals surface area contributed by atoms with Crippen molar-refractivity contribution < 1.29 is 44.6 Å². The van der Waals surface area contributed by atoms with Gasteiger partial charge in [0.1, 0.15) is 34.4 Å². The van der Waals surface area contributed by atoms with Crippen molar-refractivity contribution in [2.75, 3.05) is 50.6 Å². The number of benzene rings is 2. The van der Waals surface area contributed by atoms with Gasteiger partial charge in [0.2, 0.25) is 0 Å². The van der Waals surface area contributed by atoms with Gasteiger partial charge in [-0.3, -0.25) is 4.90 Å². The molecule has 1 aliphatic carbocycles. The Balaban J connectivity index is 0.000000302. The van der Waals surface area contributed by atoms with Crippen LogP contribution in [0.4, 0.5) is 45.9 Å². The molecule has 17 heteroatoms. The van der Waals surface area contributed by atoms with Crippen molar-refractivity contribution in [2.24, 2.45) is 5.92 Å². The molecule has 2 aromatic carbocycles. The van der Waals surface area contributed by atoms with Gasteiger partial charge < -0.3 is 20.1 Å². The molecule has 264 valence electrons. The minimum atomic E-state index is -5.09.